The van der Waals surface area contributed by atoms with Crippen molar-refractivity contribution < 1.29 is 9.53 Å². The third-order valence-corrected chi connectivity index (χ3v) is 0.837. The van der Waals surface area contributed by atoms with Gasteiger partial charge in [-0.15, -0.1) is 0 Å². The lowest BCUT2D eigenvalue weighted by molar-refractivity contribution is -0.139. The van der Waals surface area contributed by atoms with E-state index in [1.54, 1.807) is 13.1 Å². The zero-order chi connectivity index (χ0) is 7.82. The van der Waals surface area contributed by atoms with Gasteiger partial charge in [0.05, 0.1) is 0 Å². The summed E-state index contributed by atoms with van der Waals surface area (Å²) in [6, 6.07) is 0. The van der Waals surface area contributed by atoms with Crippen LogP contribution in [0.5, 0.6) is 0 Å². The maximum atomic E-state index is 10.2. The summed E-state index contributed by atoms with van der Waals surface area (Å²) >= 11 is 0. The minimum absolute atomic E-state index is 0.252. The van der Waals surface area contributed by atoms with Gasteiger partial charge in [0.2, 0.25) is 0 Å². The van der Waals surface area contributed by atoms with Gasteiger partial charge in [-0.05, 0) is 6.08 Å². The minimum Gasteiger partial charge on any atom is -0.462 e. The molecule has 3 heteroatoms. The molecule has 0 heterocycles. The summed E-state index contributed by atoms with van der Waals surface area (Å²) < 4.78 is 4.62. The van der Waals surface area contributed by atoms with E-state index in [1.807, 2.05) is 6.08 Å². The van der Waals surface area contributed by atoms with Crippen LogP contribution in [0.25, 0.3) is 0 Å². The molecule has 0 fully saturated rings. The summed E-state index contributed by atoms with van der Waals surface area (Å²) in [5.74, 6) is -0.252. The molecule has 57 valence electrons. The number of carbonyl (C=O) groups excluding carboxylic acids is 1. The molecule has 0 aliphatic carbocycles. The molecule has 10 heavy (non-hydrogen) atoms. The van der Waals surface area contributed by atoms with Crippen molar-refractivity contribution in [2.75, 3.05) is 20.2 Å². The molecular weight excluding hydrogens is 130 g/mol. The van der Waals surface area contributed by atoms with E-state index >= 15 is 0 Å². The van der Waals surface area contributed by atoms with Gasteiger partial charge in [0, 0.05) is 20.5 Å². The molecule has 0 amide bonds. The summed E-state index contributed by atoms with van der Waals surface area (Å²) in [6.45, 7) is 2.42. The number of likely N-dealkylation sites (N-methyl/N-ethyl adjacent to an activating group) is 1. The highest BCUT2D eigenvalue weighted by Gasteiger charge is 1.85. The SMILES string of the molecule is C[N]CC=CCOC(C)=O. The van der Waals surface area contributed by atoms with Gasteiger partial charge in [0.15, 0.2) is 0 Å². The minimum atomic E-state index is -0.252. The van der Waals surface area contributed by atoms with Gasteiger partial charge in [-0.3, -0.25) is 4.79 Å². The Labute approximate surface area is 61.1 Å². The van der Waals surface area contributed by atoms with Crippen molar-refractivity contribution in [3.8, 4) is 0 Å². The lowest BCUT2D eigenvalue weighted by atomic mass is 10.5. The Morgan fingerprint density at radius 2 is 2.30 bits per heavy atom. The zero-order valence-corrected chi connectivity index (χ0v) is 6.33. The highest BCUT2D eigenvalue weighted by Crippen LogP contribution is 1.77. The molecule has 0 rings (SSSR count). The van der Waals surface area contributed by atoms with Gasteiger partial charge in [-0.1, -0.05) is 6.08 Å². The molecular formula is C7H12NO2. The maximum absolute atomic E-state index is 10.2. The van der Waals surface area contributed by atoms with Crippen molar-refractivity contribution in [1.82, 2.24) is 5.32 Å². The third-order valence-electron chi connectivity index (χ3n) is 0.837. The van der Waals surface area contributed by atoms with Crippen LogP contribution in [0, 0.1) is 0 Å². The Morgan fingerprint density at radius 1 is 1.60 bits per heavy atom. The van der Waals surface area contributed by atoms with Gasteiger partial charge in [0.25, 0.3) is 0 Å². The smallest absolute Gasteiger partial charge is 0.302 e. The Bertz CT molecular complexity index is 121. The largest absolute Gasteiger partial charge is 0.462 e. The van der Waals surface area contributed by atoms with Crippen LogP contribution in [0.4, 0.5) is 0 Å². The summed E-state index contributed by atoms with van der Waals surface area (Å²) in [5.41, 5.74) is 0. The summed E-state index contributed by atoms with van der Waals surface area (Å²) in [5, 5.41) is 3.83. The molecule has 0 saturated heterocycles. The second-order valence-electron chi connectivity index (χ2n) is 1.77. The monoisotopic (exact) mass is 142 g/mol. The lowest BCUT2D eigenvalue weighted by Crippen LogP contribution is -1.99. The number of hydrogen-bond donors (Lipinski definition) is 0. The van der Waals surface area contributed by atoms with E-state index in [9.17, 15) is 4.79 Å². The summed E-state index contributed by atoms with van der Waals surface area (Å²) in [7, 11) is 1.73. The molecule has 3 nitrogen and oxygen atoms in total. The molecule has 0 spiro atoms. The van der Waals surface area contributed by atoms with E-state index < -0.39 is 0 Å². The van der Waals surface area contributed by atoms with Gasteiger partial charge in [-0.2, -0.15) is 0 Å². The number of carbonyl (C=O) groups is 1. The standard InChI is InChI=1S/C7H12NO2/c1-7(9)10-6-4-3-5-8-2/h3-4H,5-6H2,1-2H3. The third kappa shape index (κ3) is 7.17. The van der Waals surface area contributed by atoms with Crippen molar-refractivity contribution in [1.29, 1.82) is 0 Å². The number of esters is 1. The molecule has 1 radical (unpaired) electrons. The summed E-state index contributed by atoms with van der Waals surface area (Å²) in [6.07, 6.45) is 3.62. The van der Waals surface area contributed by atoms with Crippen LogP contribution in [-0.2, 0) is 9.53 Å². The molecule has 0 bridgehead atoms. The Balaban J connectivity index is 3.10. The molecule has 0 atom stereocenters. The molecule has 0 aliphatic heterocycles. The van der Waals surface area contributed by atoms with Gasteiger partial charge < -0.3 is 4.74 Å². The van der Waals surface area contributed by atoms with Crippen LogP contribution in [-0.4, -0.2) is 26.2 Å². The summed E-state index contributed by atoms with van der Waals surface area (Å²) in [4.78, 5) is 10.2. The maximum Gasteiger partial charge on any atom is 0.302 e. The second-order valence-corrected chi connectivity index (χ2v) is 1.77. The topological polar surface area (TPSA) is 40.4 Å². The number of rotatable bonds is 4. The van der Waals surface area contributed by atoms with Crippen molar-refractivity contribution in [3.05, 3.63) is 12.2 Å². The fourth-order valence-electron chi connectivity index (χ4n) is 0.413. The van der Waals surface area contributed by atoms with Crippen LogP contribution in [0.1, 0.15) is 6.92 Å². The predicted octanol–water partition coefficient (Wildman–Crippen LogP) is 0.340. The van der Waals surface area contributed by atoms with Crippen molar-refractivity contribution >= 4 is 5.97 Å². The van der Waals surface area contributed by atoms with E-state index in [0.717, 1.165) is 0 Å². The van der Waals surface area contributed by atoms with Crippen LogP contribution >= 0.6 is 0 Å². The van der Waals surface area contributed by atoms with Crippen LogP contribution in [0.2, 0.25) is 0 Å². The number of hydrogen-bond acceptors (Lipinski definition) is 2. The second kappa shape index (κ2) is 6.29. The average molecular weight is 142 g/mol. The van der Waals surface area contributed by atoms with E-state index in [4.69, 9.17) is 0 Å². The molecule has 0 aromatic carbocycles. The first-order valence-electron chi connectivity index (χ1n) is 3.11. The van der Waals surface area contributed by atoms with Gasteiger partial charge in [-0.25, -0.2) is 5.32 Å². The lowest BCUT2D eigenvalue weighted by Gasteiger charge is -1.93. The van der Waals surface area contributed by atoms with E-state index in [-0.39, 0.29) is 5.97 Å². The molecule has 0 saturated carbocycles. The first-order valence-corrected chi connectivity index (χ1v) is 3.11. The predicted molar refractivity (Wildman–Crippen MR) is 38.7 cm³/mol. The van der Waals surface area contributed by atoms with Crippen molar-refractivity contribution in [2.45, 2.75) is 6.92 Å². The fraction of sp³-hybridized carbons (Fsp3) is 0.571. The molecule has 0 aromatic heterocycles. The molecule has 0 aromatic rings. The first kappa shape index (κ1) is 9.17. The highest BCUT2D eigenvalue weighted by molar-refractivity contribution is 5.65. The quantitative estimate of drug-likeness (QED) is 0.419. The van der Waals surface area contributed by atoms with Gasteiger partial charge >= 0.3 is 5.97 Å². The normalized spacial score (nSPS) is 10.2. The molecule has 0 N–H and O–H groups in total. The Kier molecular flexibility index (Phi) is 5.77. The highest BCUT2D eigenvalue weighted by atomic mass is 16.5. The average Bonchev–Trinajstić information content (AvgIpc) is 1.87. The van der Waals surface area contributed by atoms with Crippen LogP contribution in [0.15, 0.2) is 12.2 Å². The van der Waals surface area contributed by atoms with Crippen LogP contribution < -0.4 is 5.32 Å². The first-order chi connectivity index (χ1) is 4.77. The number of nitrogens with zero attached hydrogens (tertiary/aromatic N) is 1. The Hall–Kier alpha value is -0.830. The molecule has 0 aliphatic rings. The van der Waals surface area contributed by atoms with Gasteiger partial charge in [0.1, 0.15) is 6.61 Å². The van der Waals surface area contributed by atoms with Crippen molar-refractivity contribution in [2.24, 2.45) is 0 Å². The number of ether oxygens (including phenoxy) is 1. The van der Waals surface area contributed by atoms with E-state index in [0.29, 0.717) is 13.2 Å². The van der Waals surface area contributed by atoms with Crippen molar-refractivity contribution in [3.63, 3.8) is 0 Å². The Morgan fingerprint density at radius 3 is 2.80 bits per heavy atom. The van der Waals surface area contributed by atoms with Crippen LogP contribution in [0.3, 0.4) is 0 Å². The van der Waals surface area contributed by atoms with E-state index in [2.05, 4.69) is 10.1 Å². The molecule has 0 unspecified atom stereocenters. The zero-order valence-electron chi connectivity index (χ0n) is 6.33. The van der Waals surface area contributed by atoms with E-state index in [1.165, 1.54) is 6.92 Å². The fourth-order valence-corrected chi connectivity index (χ4v) is 0.413.